The molecule has 0 bridgehead atoms. The Hall–Kier alpha value is -2.76. The van der Waals surface area contributed by atoms with Crippen molar-refractivity contribution in [3.8, 4) is 0 Å². The van der Waals surface area contributed by atoms with Gasteiger partial charge in [0.2, 0.25) is 0 Å². The molecule has 0 heterocycles. The molecule has 2 aromatic carbocycles. The summed E-state index contributed by atoms with van der Waals surface area (Å²) in [5.74, 6) is -1.41. The van der Waals surface area contributed by atoms with Crippen molar-refractivity contribution in [2.75, 3.05) is 5.32 Å². The molecule has 108 valence electrons. The van der Waals surface area contributed by atoms with E-state index in [-0.39, 0.29) is 5.56 Å². The highest BCUT2D eigenvalue weighted by atomic mass is 19.1. The number of rotatable bonds is 4. The predicted molar refractivity (Wildman–Crippen MR) is 76.8 cm³/mol. The van der Waals surface area contributed by atoms with Gasteiger partial charge in [0.25, 0.3) is 11.6 Å². The van der Waals surface area contributed by atoms with Crippen molar-refractivity contribution in [1.29, 1.82) is 0 Å². The van der Waals surface area contributed by atoms with Crippen LogP contribution >= 0.6 is 0 Å². The number of hydrogen-bond acceptors (Lipinski definition) is 3. The predicted octanol–water partition coefficient (Wildman–Crippen LogP) is 3.55. The van der Waals surface area contributed by atoms with E-state index in [1.165, 1.54) is 0 Å². The molecule has 0 fully saturated rings. The number of nitro benzene ring substituents is 1. The van der Waals surface area contributed by atoms with E-state index in [2.05, 4.69) is 5.32 Å². The molecule has 2 rings (SSSR count). The highest BCUT2D eigenvalue weighted by Crippen LogP contribution is 2.21. The maximum atomic E-state index is 13.2. The van der Waals surface area contributed by atoms with Crippen LogP contribution in [0.4, 0.5) is 15.8 Å². The second-order valence-corrected chi connectivity index (χ2v) is 4.43. The monoisotopic (exact) mass is 288 g/mol. The first kappa shape index (κ1) is 14.6. The van der Waals surface area contributed by atoms with Crippen molar-refractivity contribution in [1.82, 2.24) is 0 Å². The highest BCUT2D eigenvalue weighted by molar-refractivity contribution is 6.07. The zero-order valence-electron chi connectivity index (χ0n) is 11.3. The van der Waals surface area contributed by atoms with Crippen LogP contribution in [0.15, 0.2) is 42.5 Å². The first-order chi connectivity index (χ1) is 10.0. The topological polar surface area (TPSA) is 72.2 Å². The molecule has 5 nitrogen and oxygen atoms in total. The van der Waals surface area contributed by atoms with E-state index in [4.69, 9.17) is 0 Å². The van der Waals surface area contributed by atoms with Gasteiger partial charge in [0.1, 0.15) is 11.4 Å². The number of nitrogens with zero attached hydrogens (tertiary/aromatic N) is 1. The number of aryl methyl sites for hydroxylation is 1. The average Bonchev–Trinajstić information content (AvgIpc) is 2.47. The third-order valence-corrected chi connectivity index (χ3v) is 2.99. The SMILES string of the molecule is CCc1cccc(NC(=O)c2cc(F)ccc2[N+](=O)[O-])c1. The van der Waals surface area contributed by atoms with Crippen LogP contribution in [0.5, 0.6) is 0 Å². The van der Waals surface area contributed by atoms with Gasteiger partial charge in [0, 0.05) is 11.8 Å². The van der Waals surface area contributed by atoms with Crippen molar-refractivity contribution in [3.63, 3.8) is 0 Å². The van der Waals surface area contributed by atoms with Crippen LogP contribution < -0.4 is 5.32 Å². The van der Waals surface area contributed by atoms with E-state index in [1.807, 2.05) is 13.0 Å². The molecule has 0 unspecified atom stereocenters. The van der Waals surface area contributed by atoms with Crippen molar-refractivity contribution in [2.45, 2.75) is 13.3 Å². The number of hydrogen-bond donors (Lipinski definition) is 1. The summed E-state index contributed by atoms with van der Waals surface area (Å²) in [6, 6.07) is 9.90. The summed E-state index contributed by atoms with van der Waals surface area (Å²) >= 11 is 0. The smallest absolute Gasteiger partial charge is 0.282 e. The lowest BCUT2D eigenvalue weighted by Crippen LogP contribution is -2.14. The van der Waals surface area contributed by atoms with E-state index >= 15 is 0 Å². The summed E-state index contributed by atoms with van der Waals surface area (Å²) in [5, 5.41) is 13.4. The lowest BCUT2D eigenvalue weighted by molar-refractivity contribution is -0.385. The molecule has 0 saturated heterocycles. The Bertz CT molecular complexity index is 701. The summed E-state index contributed by atoms with van der Waals surface area (Å²) in [5.41, 5.74) is 0.793. The third kappa shape index (κ3) is 3.42. The maximum absolute atomic E-state index is 13.2. The minimum Gasteiger partial charge on any atom is -0.322 e. The first-order valence-corrected chi connectivity index (χ1v) is 6.35. The third-order valence-electron chi connectivity index (χ3n) is 2.99. The molecule has 0 aliphatic carbocycles. The molecule has 0 spiro atoms. The summed E-state index contributed by atoms with van der Waals surface area (Å²) in [7, 11) is 0. The number of halogens is 1. The summed E-state index contributed by atoms with van der Waals surface area (Å²) < 4.78 is 13.2. The van der Waals surface area contributed by atoms with Crippen molar-refractivity contribution in [3.05, 3.63) is 69.5 Å². The number of carbonyl (C=O) groups excluding carboxylic acids is 1. The van der Waals surface area contributed by atoms with E-state index in [1.54, 1.807) is 18.2 Å². The lowest BCUT2D eigenvalue weighted by atomic mass is 10.1. The van der Waals surface area contributed by atoms with Gasteiger partial charge < -0.3 is 5.32 Å². The van der Waals surface area contributed by atoms with E-state index in [9.17, 15) is 19.3 Å². The van der Waals surface area contributed by atoms with Gasteiger partial charge in [-0.25, -0.2) is 4.39 Å². The summed E-state index contributed by atoms with van der Waals surface area (Å²) in [4.78, 5) is 22.3. The molecule has 0 atom stereocenters. The van der Waals surface area contributed by atoms with Crippen LogP contribution in [0.1, 0.15) is 22.8 Å². The molecular formula is C15H13FN2O3. The first-order valence-electron chi connectivity index (χ1n) is 6.35. The van der Waals surface area contributed by atoms with E-state index < -0.39 is 22.3 Å². The molecule has 0 saturated carbocycles. The van der Waals surface area contributed by atoms with Gasteiger partial charge in [-0.2, -0.15) is 0 Å². The van der Waals surface area contributed by atoms with Gasteiger partial charge in [-0.3, -0.25) is 14.9 Å². The molecule has 6 heteroatoms. The maximum Gasteiger partial charge on any atom is 0.282 e. The second-order valence-electron chi connectivity index (χ2n) is 4.43. The number of nitro groups is 1. The Balaban J connectivity index is 2.31. The van der Waals surface area contributed by atoms with Gasteiger partial charge in [0.05, 0.1) is 4.92 Å². The van der Waals surface area contributed by atoms with Crippen LogP contribution in [0.25, 0.3) is 0 Å². The zero-order chi connectivity index (χ0) is 15.4. The normalized spacial score (nSPS) is 10.2. The van der Waals surface area contributed by atoms with Crippen LogP contribution in [-0.4, -0.2) is 10.8 Å². The standard InChI is InChI=1S/C15H13FN2O3/c1-2-10-4-3-5-12(8-10)17-15(19)13-9-11(16)6-7-14(13)18(20)21/h3-9H,2H2,1H3,(H,17,19). The Labute approximate surface area is 120 Å². The van der Waals surface area contributed by atoms with Gasteiger partial charge in [-0.1, -0.05) is 19.1 Å². The number of amides is 1. The molecule has 2 aromatic rings. The van der Waals surface area contributed by atoms with Crippen LogP contribution in [0, 0.1) is 15.9 Å². The van der Waals surface area contributed by atoms with Crippen molar-refractivity contribution >= 4 is 17.3 Å². The average molecular weight is 288 g/mol. The molecule has 1 amide bonds. The minimum absolute atomic E-state index is 0.304. The van der Waals surface area contributed by atoms with Gasteiger partial charge in [-0.05, 0) is 36.2 Å². The fourth-order valence-electron chi connectivity index (χ4n) is 1.92. The Morgan fingerprint density at radius 2 is 2.05 bits per heavy atom. The number of nitrogens with one attached hydrogen (secondary N) is 1. The Morgan fingerprint density at radius 1 is 1.29 bits per heavy atom. The van der Waals surface area contributed by atoms with E-state index in [0.29, 0.717) is 5.69 Å². The fourth-order valence-corrected chi connectivity index (χ4v) is 1.92. The molecule has 0 aliphatic rings. The molecular weight excluding hydrogens is 275 g/mol. The quantitative estimate of drug-likeness (QED) is 0.690. The lowest BCUT2D eigenvalue weighted by Gasteiger charge is -2.07. The Morgan fingerprint density at radius 3 is 2.71 bits per heavy atom. The van der Waals surface area contributed by atoms with Gasteiger partial charge >= 0.3 is 0 Å². The minimum atomic E-state index is -0.713. The number of benzene rings is 2. The van der Waals surface area contributed by atoms with Crippen LogP contribution in [-0.2, 0) is 6.42 Å². The zero-order valence-corrected chi connectivity index (χ0v) is 11.3. The molecule has 21 heavy (non-hydrogen) atoms. The fraction of sp³-hybridized carbons (Fsp3) is 0.133. The largest absolute Gasteiger partial charge is 0.322 e. The highest BCUT2D eigenvalue weighted by Gasteiger charge is 2.21. The second kappa shape index (κ2) is 6.13. The van der Waals surface area contributed by atoms with Gasteiger partial charge in [-0.15, -0.1) is 0 Å². The van der Waals surface area contributed by atoms with E-state index in [0.717, 1.165) is 30.2 Å². The molecule has 1 N–H and O–H groups in total. The molecule has 0 aromatic heterocycles. The summed E-state index contributed by atoms with van der Waals surface area (Å²) in [6.07, 6.45) is 0.795. The van der Waals surface area contributed by atoms with Crippen LogP contribution in [0.3, 0.4) is 0 Å². The molecule has 0 aliphatic heterocycles. The number of anilines is 1. The Kier molecular flexibility index (Phi) is 4.27. The van der Waals surface area contributed by atoms with Crippen LogP contribution in [0.2, 0.25) is 0 Å². The number of carbonyl (C=O) groups is 1. The van der Waals surface area contributed by atoms with Crippen molar-refractivity contribution < 1.29 is 14.1 Å². The van der Waals surface area contributed by atoms with Crippen molar-refractivity contribution in [2.24, 2.45) is 0 Å². The molecule has 0 radical (unpaired) electrons. The summed E-state index contributed by atoms with van der Waals surface area (Å²) in [6.45, 7) is 1.97. The van der Waals surface area contributed by atoms with Gasteiger partial charge in [0.15, 0.2) is 0 Å².